The summed E-state index contributed by atoms with van der Waals surface area (Å²) in [6, 6.07) is 11.6. The number of aromatic nitrogens is 1. The van der Waals surface area contributed by atoms with Gasteiger partial charge in [-0.05, 0) is 43.2 Å². The topological polar surface area (TPSA) is 124 Å². The maximum Gasteiger partial charge on any atom is 0.341 e. The molecule has 3 rings (SSSR count). The van der Waals surface area contributed by atoms with Crippen LogP contribution in [0.4, 0.5) is 5.69 Å². The van der Waals surface area contributed by atoms with Crippen molar-refractivity contribution in [1.29, 1.82) is 5.26 Å². The third kappa shape index (κ3) is 2.91. The van der Waals surface area contributed by atoms with Crippen LogP contribution in [0.15, 0.2) is 42.6 Å². The molecule has 0 saturated carbocycles. The first-order valence-electron chi connectivity index (χ1n) is 7.86. The number of carbonyl (C=O) groups is 2. The van der Waals surface area contributed by atoms with Gasteiger partial charge in [0.1, 0.15) is 5.75 Å². The van der Waals surface area contributed by atoms with Crippen LogP contribution in [-0.4, -0.2) is 39.2 Å². The molecule has 1 saturated heterocycles. The predicted molar refractivity (Wildman–Crippen MR) is 90.1 cm³/mol. The first kappa shape index (κ1) is 17.2. The summed E-state index contributed by atoms with van der Waals surface area (Å²) in [6.07, 6.45) is 1.88. The van der Waals surface area contributed by atoms with Crippen molar-refractivity contribution in [1.82, 2.24) is 4.98 Å². The number of hydrogen-bond acceptors (Lipinski definition) is 6. The Hall–Kier alpha value is -3.60. The minimum atomic E-state index is -1.98. The average molecular weight is 353 g/mol. The van der Waals surface area contributed by atoms with Crippen molar-refractivity contribution in [2.24, 2.45) is 0 Å². The van der Waals surface area contributed by atoms with Crippen molar-refractivity contribution >= 4 is 17.6 Å². The summed E-state index contributed by atoms with van der Waals surface area (Å²) < 4.78 is 5.57. The number of rotatable bonds is 5. The van der Waals surface area contributed by atoms with E-state index >= 15 is 0 Å². The van der Waals surface area contributed by atoms with Gasteiger partial charge >= 0.3 is 11.9 Å². The maximum absolute atomic E-state index is 11.6. The van der Waals surface area contributed by atoms with E-state index < -0.39 is 17.5 Å². The van der Waals surface area contributed by atoms with Gasteiger partial charge in [0.15, 0.2) is 0 Å². The van der Waals surface area contributed by atoms with Crippen molar-refractivity contribution in [3.8, 4) is 17.7 Å². The highest BCUT2D eigenvalue weighted by atomic mass is 16.5. The second kappa shape index (κ2) is 6.72. The van der Waals surface area contributed by atoms with Crippen molar-refractivity contribution in [3.63, 3.8) is 0 Å². The molecular formula is C18H15N3O5. The molecule has 1 aromatic heterocycles. The second-order valence-corrected chi connectivity index (χ2v) is 5.82. The van der Waals surface area contributed by atoms with E-state index in [4.69, 9.17) is 10.00 Å². The van der Waals surface area contributed by atoms with Crippen molar-refractivity contribution in [2.45, 2.75) is 18.4 Å². The average Bonchev–Trinajstić information content (AvgIpc) is 3.09. The van der Waals surface area contributed by atoms with Gasteiger partial charge in [0, 0.05) is 12.6 Å². The molecule has 2 aromatic rings. The van der Waals surface area contributed by atoms with Crippen LogP contribution in [0.2, 0.25) is 0 Å². The van der Waals surface area contributed by atoms with Crippen LogP contribution in [0.3, 0.4) is 0 Å². The van der Waals surface area contributed by atoms with Gasteiger partial charge in [-0.3, -0.25) is 0 Å². The molecule has 0 radical (unpaired) electrons. The maximum atomic E-state index is 11.6. The largest absolute Gasteiger partial charge is 0.479 e. The van der Waals surface area contributed by atoms with Gasteiger partial charge in [-0.1, -0.05) is 0 Å². The van der Waals surface area contributed by atoms with E-state index in [1.807, 2.05) is 6.07 Å². The number of anilines is 1. The molecule has 1 fully saturated rings. The fraction of sp³-hybridized carbons (Fsp3) is 0.222. The Morgan fingerprint density at radius 3 is 2.38 bits per heavy atom. The van der Waals surface area contributed by atoms with Gasteiger partial charge in [0.05, 0.1) is 23.5 Å². The summed E-state index contributed by atoms with van der Waals surface area (Å²) in [6.45, 7) is 0.316. The predicted octanol–water partition coefficient (Wildman–Crippen LogP) is 2.25. The Morgan fingerprint density at radius 1 is 1.15 bits per heavy atom. The highest BCUT2D eigenvalue weighted by Gasteiger charge is 2.54. The SMILES string of the molecule is N#Cc1ccc(Oc2ccc(N3CCCC3(C(=O)O)C(=O)O)cn2)cc1. The molecule has 1 aliphatic rings. The first-order valence-corrected chi connectivity index (χ1v) is 7.86. The molecule has 132 valence electrons. The summed E-state index contributed by atoms with van der Waals surface area (Å²) in [5, 5.41) is 27.7. The minimum absolute atomic E-state index is 0.0289. The molecule has 0 spiro atoms. The summed E-state index contributed by atoms with van der Waals surface area (Å²) in [4.78, 5) is 28.7. The molecule has 26 heavy (non-hydrogen) atoms. The Bertz CT molecular complexity index is 857. The monoisotopic (exact) mass is 353 g/mol. The van der Waals surface area contributed by atoms with Gasteiger partial charge in [-0.2, -0.15) is 5.26 Å². The van der Waals surface area contributed by atoms with Gasteiger partial charge in [-0.25, -0.2) is 14.6 Å². The number of aliphatic carboxylic acids is 2. The summed E-state index contributed by atoms with van der Waals surface area (Å²) in [5.41, 5.74) is -1.06. The highest BCUT2D eigenvalue weighted by Crippen LogP contribution is 2.35. The van der Waals surface area contributed by atoms with Crippen molar-refractivity contribution in [3.05, 3.63) is 48.2 Å². The Balaban J connectivity index is 1.81. The highest BCUT2D eigenvalue weighted by molar-refractivity contribution is 6.07. The van der Waals surface area contributed by atoms with Crippen LogP contribution >= 0.6 is 0 Å². The number of carboxylic acids is 2. The first-order chi connectivity index (χ1) is 12.5. The van der Waals surface area contributed by atoms with Gasteiger partial charge in [0.25, 0.3) is 0 Å². The molecule has 0 unspecified atom stereocenters. The van der Waals surface area contributed by atoms with Crippen LogP contribution in [0.1, 0.15) is 18.4 Å². The number of hydrogen-bond donors (Lipinski definition) is 2. The molecule has 2 heterocycles. The van der Waals surface area contributed by atoms with Gasteiger partial charge < -0.3 is 19.8 Å². The van der Waals surface area contributed by atoms with Crippen molar-refractivity contribution in [2.75, 3.05) is 11.4 Å². The molecule has 0 amide bonds. The molecule has 8 nitrogen and oxygen atoms in total. The number of ether oxygens (including phenoxy) is 1. The van der Waals surface area contributed by atoms with Crippen LogP contribution in [0, 0.1) is 11.3 Å². The van der Waals surface area contributed by atoms with E-state index in [0.717, 1.165) is 0 Å². The molecular weight excluding hydrogens is 338 g/mol. The lowest BCUT2D eigenvalue weighted by Crippen LogP contribution is -2.57. The molecule has 2 N–H and O–H groups in total. The molecule has 0 atom stereocenters. The number of pyridine rings is 1. The fourth-order valence-electron chi connectivity index (χ4n) is 3.02. The molecule has 1 aromatic carbocycles. The minimum Gasteiger partial charge on any atom is -0.479 e. The second-order valence-electron chi connectivity index (χ2n) is 5.82. The number of nitriles is 1. The van der Waals surface area contributed by atoms with Crippen LogP contribution in [0.5, 0.6) is 11.6 Å². The zero-order chi connectivity index (χ0) is 18.7. The van der Waals surface area contributed by atoms with Gasteiger partial charge in [-0.15, -0.1) is 0 Å². The number of carboxylic acid groups (broad SMARTS) is 2. The van der Waals surface area contributed by atoms with E-state index in [2.05, 4.69) is 4.98 Å². The third-order valence-corrected chi connectivity index (χ3v) is 4.33. The summed E-state index contributed by atoms with van der Waals surface area (Å²) >= 11 is 0. The van der Waals surface area contributed by atoms with E-state index in [0.29, 0.717) is 30.0 Å². The zero-order valence-electron chi connectivity index (χ0n) is 13.6. The van der Waals surface area contributed by atoms with Gasteiger partial charge in [0.2, 0.25) is 11.4 Å². The normalized spacial score (nSPS) is 15.3. The molecule has 1 aliphatic heterocycles. The summed E-state index contributed by atoms with van der Waals surface area (Å²) in [7, 11) is 0. The van der Waals surface area contributed by atoms with Crippen molar-refractivity contribution < 1.29 is 24.5 Å². The third-order valence-electron chi connectivity index (χ3n) is 4.33. The van der Waals surface area contributed by atoms with E-state index in [-0.39, 0.29) is 12.3 Å². The smallest absolute Gasteiger partial charge is 0.341 e. The molecule has 0 aliphatic carbocycles. The van der Waals surface area contributed by atoms with Crippen LogP contribution in [0.25, 0.3) is 0 Å². The lowest BCUT2D eigenvalue weighted by Gasteiger charge is -2.32. The Labute approximate surface area is 148 Å². The molecule has 0 bridgehead atoms. The Kier molecular flexibility index (Phi) is 4.45. The lowest BCUT2D eigenvalue weighted by molar-refractivity contribution is -0.156. The standard InChI is InChI=1S/C18H15N3O5/c19-10-12-2-5-14(6-3-12)26-15-7-4-13(11-20-15)21-9-1-8-18(21,16(22)23)17(24)25/h2-7,11H,1,8-9H2,(H,22,23)(H,24,25). The Morgan fingerprint density at radius 2 is 1.85 bits per heavy atom. The van der Waals surface area contributed by atoms with Crippen LogP contribution in [-0.2, 0) is 9.59 Å². The summed E-state index contributed by atoms with van der Waals surface area (Å²) in [5.74, 6) is -2.01. The zero-order valence-corrected chi connectivity index (χ0v) is 13.6. The number of benzene rings is 1. The van der Waals surface area contributed by atoms with Crippen LogP contribution < -0.4 is 9.64 Å². The quantitative estimate of drug-likeness (QED) is 0.784. The van der Waals surface area contributed by atoms with E-state index in [1.54, 1.807) is 36.4 Å². The van der Waals surface area contributed by atoms with E-state index in [9.17, 15) is 19.8 Å². The lowest BCUT2D eigenvalue weighted by atomic mass is 9.96. The number of nitrogens with zero attached hydrogens (tertiary/aromatic N) is 3. The fourth-order valence-corrected chi connectivity index (χ4v) is 3.02. The van der Waals surface area contributed by atoms with E-state index in [1.165, 1.54) is 11.1 Å². The molecule has 8 heteroatoms.